The number of amides is 3. The topological polar surface area (TPSA) is 161 Å². The zero-order valence-electron chi connectivity index (χ0n) is 31.0. The third-order valence-corrected chi connectivity index (χ3v) is 13.2. The third kappa shape index (κ3) is 8.24. The van der Waals surface area contributed by atoms with E-state index in [1.165, 1.54) is 10.5 Å². The summed E-state index contributed by atoms with van der Waals surface area (Å²) in [6.45, 7) is 5.34. The number of carbonyl (C=O) groups excluding carboxylic acids is 4. The number of Topliss-reactive ketones (excluding diaryl/α,β-unsaturated/α-hetero) is 1. The van der Waals surface area contributed by atoms with Gasteiger partial charge in [-0.1, -0.05) is 43.2 Å². The minimum atomic E-state index is -3.83. The minimum absolute atomic E-state index is 0.0869. The maximum absolute atomic E-state index is 14.6. The Morgan fingerprint density at radius 3 is 2.49 bits per heavy atom. The van der Waals surface area contributed by atoms with Gasteiger partial charge in [0.1, 0.15) is 17.7 Å². The summed E-state index contributed by atoms with van der Waals surface area (Å²) in [6, 6.07) is 6.10. The molecular formula is C40H52N4O8S. The van der Waals surface area contributed by atoms with E-state index in [0.29, 0.717) is 38.0 Å². The van der Waals surface area contributed by atoms with Gasteiger partial charge < -0.3 is 19.7 Å². The Kier molecular flexibility index (Phi) is 10.3. The van der Waals surface area contributed by atoms with Crippen molar-refractivity contribution in [2.24, 2.45) is 11.3 Å². The average Bonchev–Trinajstić information content (AvgIpc) is 4.03. The van der Waals surface area contributed by atoms with Crippen LogP contribution in [0.3, 0.4) is 0 Å². The Hall–Kier alpha value is -4.00. The van der Waals surface area contributed by atoms with E-state index in [9.17, 15) is 27.6 Å². The molecule has 286 valence electrons. The lowest BCUT2D eigenvalue weighted by Crippen LogP contribution is -2.53. The van der Waals surface area contributed by atoms with E-state index in [-0.39, 0.29) is 31.1 Å². The van der Waals surface area contributed by atoms with Crippen molar-refractivity contribution in [2.45, 2.75) is 140 Å². The summed E-state index contributed by atoms with van der Waals surface area (Å²) < 4.78 is 40.3. The molecule has 3 aliphatic carbocycles. The number of ketones is 1. The number of aryl methyl sites for hydroxylation is 1. The van der Waals surface area contributed by atoms with Crippen LogP contribution in [0.1, 0.15) is 109 Å². The van der Waals surface area contributed by atoms with Gasteiger partial charge in [0.05, 0.1) is 28.8 Å². The number of hydrogen-bond acceptors (Lipinski definition) is 9. The molecule has 5 aliphatic rings. The predicted octanol–water partition coefficient (Wildman–Crippen LogP) is 5.45. The summed E-state index contributed by atoms with van der Waals surface area (Å²) in [7, 11) is -3.83. The maximum atomic E-state index is 14.6. The molecular weight excluding hydrogens is 697 g/mol. The van der Waals surface area contributed by atoms with Gasteiger partial charge in [-0.3, -0.25) is 19.1 Å². The van der Waals surface area contributed by atoms with Gasteiger partial charge in [0, 0.05) is 23.8 Å². The Morgan fingerprint density at radius 1 is 0.981 bits per heavy atom. The molecule has 1 aromatic heterocycles. The fraction of sp³-hybridized carbons (Fsp3) is 0.625. The van der Waals surface area contributed by atoms with E-state index in [0.717, 1.165) is 61.4 Å². The first kappa shape index (κ1) is 37.3. The van der Waals surface area contributed by atoms with Crippen LogP contribution in [-0.2, 0) is 42.0 Å². The zero-order chi connectivity index (χ0) is 37.5. The lowest BCUT2D eigenvalue weighted by molar-refractivity contribution is -0.140. The number of allylic oxidation sites excluding steroid dienone is 2. The fourth-order valence-electron chi connectivity index (χ4n) is 8.34. The number of nitrogens with zero attached hydrogens (tertiary/aromatic N) is 2. The molecule has 5 atom stereocenters. The first-order valence-corrected chi connectivity index (χ1v) is 20.9. The Balaban J connectivity index is 1.20. The molecule has 1 saturated heterocycles. The van der Waals surface area contributed by atoms with Crippen LogP contribution in [-0.4, -0.2) is 77.6 Å². The summed E-state index contributed by atoms with van der Waals surface area (Å²) in [4.78, 5) is 62.3. The molecule has 13 heteroatoms. The molecule has 53 heavy (non-hydrogen) atoms. The lowest BCUT2D eigenvalue weighted by Gasteiger charge is -2.30. The maximum Gasteiger partial charge on any atom is 0.408 e. The molecule has 3 amide bonds. The van der Waals surface area contributed by atoms with Gasteiger partial charge in [0.2, 0.25) is 27.7 Å². The number of ether oxygens (including phenoxy) is 2. The van der Waals surface area contributed by atoms with E-state index in [4.69, 9.17) is 14.5 Å². The highest BCUT2D eigenvalue weighted by atomic mass is 32.2. The highest BCUT2D eigenvalue weighted by molar-refractivity contribution is 7.90. The number of carbonyl (C=O) groups is 4. The number of para-hydroxylation sites is 1. The first-order chi connectivity index (χ1) is 25.2. The molecule has 12 nitrogen and oxygen atoms in total. The Morgan fingerprint density at radius 2 is 1.74 bits per heavy atom. The number of aromatic nitrogens is 1. The van der Waals surface area contributed by atoms with E-state index in [2.05, 4.69) is 16.1 Å². The number of alkyl carbamates (subject to hydrolysis) is 1. The van der Waals surface area contributed by atoms with Gasteiger partial charge >= 0.3 is 6.09 Å². The van der Waals surface area contributed by atoms with Crippen LogP contribution in [0.15, 0.2) is 36.4 Å². The van der Waals surface area contributed by atoms with E-state index >= 15 is 0 Å². The minimum Gasteiger partial charge on any atom is -0.472 e. The normalized spacial score (nSPS) is 28.8. The van der Waals surface area contributed by atoms with E-state index in [1.54, 1.807) is 20.8 Å². The van der Waals surface area contributed by atoms with Gasteiger partial charge in [-0.15, -0.1) is 0 Å². The summed E-state index contributed by atoms with van der Waals surface area (Å²) in [5.74, 6) is -1.18. The molecule has 2 aliphatic heterocycles. The van der Waals surface area contributed by atoms with Crippen molar-refractivity contribution in [3.8, 4) is 5.88 Å². The van der Waals surface area contributed by atoms with Gasteiger partial charge in [0.15, 0.2) is 5.78 Å². The van der Waals surface area contributed by atoms with E-state index in [1.807, 2.05) is 30.4 Å². The monoisotopic (exact) mass is 748 g/mol. The van der Waals surface area contributed by atoms with Crippen molar-refractivity contribution in [1.82, 2.24) is 19.9 Å². The number of hydrogen-bond donors (Lipinski definition) is 2. The van der Waals surface area contributed by atoms with Crippen molar-refractivity contribution >= 4 is 44.6 Å². The van der Waals surface area contributed by atoms with Crippen LogP contribution in [0.4, 0.5) is 4.79 Å². The second-order valence-electron chi connectivity index (χ2n) is 16.6. The van der Waals surface area contributed by atoms with Crippen LogP contribution >= 0.6 is 0 Å². The summed E-state index contributed by atoms with van der Waals surface area (Å²) in [5, 5.41) is 3.32. The third-order valence-electron chi connectivity index (χ3n) is 11.4. The predicted molar refractivity (Wildman–Crippen MR) is 199 cm³/mol. The molecule has 7 rings (SSSR count). The fourth-order valence-corrected chi connectivity index (χ4v) is 9.72. The van der Waals surface area contributed by atoms with Crippen molar-refractivity contribution in [3.05, 3.63) is 47.5 Å². The summed E-state index contributed by atoms with van der Waals surface area (Å²) >= 11 is 0. The molecule has 0 spiro atoms. The molecule has 3 heterocycles. The molecule has 0 radical (unpaired) electrons. The summed E-state index contributed by atoms with van der Waals surface area (Å²) in [6.07, 6.45) is 11.2. The lowest BCUT2D eigenvalue weighted by atomic mass is 9.89. The van der Waals surface area contributed by atoms with Crippen LogP contribution in [0, 0.1) is 11.3 Å². The van der Waals surface area contributed by atoms with Crippen LogP contribution in [0.25, 0.3) is 10.9 Å². The largest absolute Gasteiger partial charge is 0.472 e. The average molecular weight is 749 g/mol. The van der Waals surface area contributed by atoms with E-state index < -0.39 is 62.4 Å². The first-order valence-electron chi connectivity index (χ1n) is 19.4. The molecule has 2 saturated carbocycles. The molecule has 2 aromatic rings. The zero-order valence-corrected chi connectivity index (χ0v) is 31.8. The number of sulfonamides is 1. The SMILES string of the molecule is CC(C)(C)OC(=O)N[C@H]1CCCCC/C=C\[C@@H]2C[C@@]2(C(=O)NS(=O)(=O)C2CC2)CC(=O)[C@@H]2C[C@@H](Oc3nc4ccccc4c4c3CCCC4)CN2C1=O. The molecule has 3 fully saturated rings. The van der Waals surface area contributed by atoms with Crippen LogP contribution in [0.2, 0.25) is 0 Å². The van der Waals surface area contributed by atoms with Gasteiger partial charge in [0.25, 0.3) is 0 Å². The molecule has 2 N–H and O–H groups in total. The smallest absolute Gasteiger partial charge is 0.408 e. The van der Waals surface area contributed by atoms with Crippen LogP contribution in [0.5, 0.6) is 5.88 Å². The Bertz CT molecular complexity index is 1920. The standard InChI is InChI=1S/C40H52N4O8S/c1-39(2,3)52-38(48)42-32-18-8-6-4-5-7-13-25-22-40(25,37(47)43-53(49,50)27-19-20-27)23-34(45)33-21-26(24-44(33)36(32)46)51-35-30-16-10-9-14-28(30)29-15-11-12-17-31(29)41-35/h7,11-13,15,17,25-27,32-33H,4-6,8-10,14,16,18-24H2,1-3H3,(H,42,48)(H,43,47)/b13-7-/t25-,26-,32+,33+,40-/m1/s1. The summed E-state index contributed by atoms with van der Waals surface area (Å²) in [5.41, 5.74) is 1.10. The highest BCUT2D eigenvalue weighted by Crippen LogP contribution is 2.57. The van der Waals surface area contributed by atoms with Crippen LogP contribution < -0.4 is 14.8 Å². The van der Waals surface area contributed by atoms with Gasteiger partial charge in [-0.05, 0) is 103 Å². The molecule has 0 bridgehead atoms. The quantitative estimate of drug-likeness (QED) is 0.366. The number of rotatable bonds is 6. The number of fused-ring (bicyclic) bond motifs is 5. The van der Waals surface area contributed by atoms with Crippen molar-refractivity contribution < 1.29 is 37.1 Å². The second kappa shape index (κ2) is 14.7. The Labute approximate surface area is 311 Å². The van der Waals surface area contributed by atoms with Crippen molar-refractivity contribution in [2.75, 3.05) is 6.54 Å². The number of nitrogens with one attached hydrogen (secondary N) is 2. The molecule has 0 unspecified atom stereocenters. The van der Waals surface area contributed by atoms with Crippen molar-refractivity contribution in [1.29, 1.82) is 0 Å². The van der Waals surface area contributed by atoms with Gasteiger partial charge in [-0.2, -0.15) is 0 Å². The second-order valence-corrected chi connectivity index (χ2v) is 18.6. The molecule has 1 aromatic carbocycles. The van der Waals surface area contributed by atoms with Gasteiger partial charge in [-0.25, -0.2) is 18.2 Å². The number of pyridine rings is 1. The highest BCUT2D eigenvalue weighted by Gasteiger charge is 2.61. The van der Waals surface area contributed by atoms with Crippen molar-refractivity contribution in [3.63, 3.8) is 0 Å². The number of benzene rings is 1.